The maximum Gasteiger partial charge on any atom is 0.314 e. The van der Waals surface area contributed by atoms with Gasteiger partial charge in [-0.2, -0.15) is 0 Å². The van der Waals surface area contributed by atoms with Gasteiger partial charge in [-0.1, -0.05) is 37.8 Å². The molecule has 2 nitrogen and oxygen atoms in total. The largest absolute Gasteiger partial charge is 0.426 e. The van der Waals surface area contributed by atoms with Crippen molar-refractivity contribution in [2.24, 2.45) is 11.8 Å². The smallest absolute Gasteiger partial charge is 0.314 e. The number of carbonyl (C=O) groups is 1. The maximum atomic E-state index is 12.2. The highest BCUT2D eigenvalue weighted by atomic mass is 16.5. The third-order valence-corrected chi connectivity index (χ3v) is 5.61. The molecule has 124 valence electrons. The maximum absolute atomic E-state index is 12.2. The quantitative estimate of drug-likeness (QED) is 0.419. The molecule has 0 spiro atoms. The van der Waals surface area contributed by atoms with E-state index in [1.54, 1.807) is 0 Å². The molecule has 0 aromatic heterocycles. The minimum Gasteiger partial charge on any atom is -0.426 e. The van der Waals surface area contributed by atoms with Crippen LogP contribution in [0.25, 0.3) is 0 Å². The molecule has 23 heavy (non-hydrogen) atoms. The van der Waals surface area contributed by atoms with Gasteiger partial charge >= 0.3 is 5.97 Å². The molecule has 0 bridgehead atoms. The van der Waals surface area contributed by atoms with Gasteiger partial charge in [-0.25, -0.2) is 0 Å². The number of ether oxygens (including phenoxy) is 1. The second-order valence-corrected chi connectivity index (χ2v) is 7.47. The van der Waals surface area contributed by atoms with Gasteiger partial charge in [-0.05, 0) is 55.2 Å². The van der Waals surface area contributed by atoms with Crippen LogP contribution in [0, 0.1) is 24.7 Å². The molecule has 0 aliphatic heterocycles. The number of esters is 1. The molecular formula is C21H28O2. The lowest BCUT2D eigenvalue weighted by molar-refractivity contribution is -0.139. The van der Waals surface area contributed by atoms with E-state index in [2.05, 4.69) is 26.0 Å². The second kappa shape index (κ2) is 7.42. The summed E-state index contributed by atoms with van der Waals surface area (Å²) in [5, 5.41) is 0. The van der Waals surface area contributed by atoms with E-state index in [1.165, 1.54) is 37.2 Å². The number of carbonyl (C=O) groups excluding carboxylic acids is 1. The standard InChI is InChI=1S/C21H28O2/c1-15-3-7-17(8-4-15)18-11-13-20(14-12-18)23-21(22)19-9-5-16(2)6-10-19/h11-15,17,19H,2-10H2,1H3. The Morgan fingerprint density at radius 2 is 1.65 bits per heavy atom. The van der Waals surface area contributed by atoms with Crippen molar-refractivity contribution < 1.29 is 9.53 Å². The van der Waals surface area contributed by atoms with E-state index in [9.17, 15) is 4.79 Å². The highest BCUT2D eigenvalue weighted by molar-refractivity contribution is 5.75. The molecule has 1 aromatic carbocycles. The summed E-state index contributed by atoms with van der Waals surface area (Å²) < 4.78 is 5.58. The molecule has 0 saturated heterocycles. The van der Waals surface area contributed by atoms with Gasteiger partial charge < -0.3 is 4.74 Å². The van der Waals surface area contributed by atoms with Crippen molar-refractivity contribution in [1.82, 2.24) is 0 Å². The molecule has 0 unspecified atom stereocenters. The molecular weight excluding hydrogens is 284 g/mol. The first-order chi connectivity index (χ1) is 11.1. The predicted molar refractivity (Wildman–Crippen MR) is 93.0 cm³/mol. The Labute approximate surface area is 140 Å². The van der Waals surface area contributed by atoms with E-state index in [0.29, 0.717) is 11.7 Å². The van der Waals surface area contributed by atoms with Crippen LogP contribution >= 0.6 is 0 Å². The Hall–Kier alpha value is -1.44. The van der Waals surface area contributed by atoms with Crippen LogP contribution in [0.1, 0.15) is 69.8 Å². The summed E-state index contributed by atoms with van der Waals surface area (Å²) >= 11 is 0. The van der Waals surface area contributed by atoms with Crippen molar-refractivity contribution in [1.29, 1.82) is 0 Å². The number of hydrogen-bond acceptors (Lipinski definition) is 2. The van der Waals surface area contributed by atoms with Gasteiger partial charge in [-0.3, -0.25) is 4.79 Å². The zero-order valence-electron chi connectivity index (χ0n) is 14.2. The molecule has 2 saturated carbocycles. The Morgan fingerprint density at radius 3 is 2.26 bits per heavy atom. The first-order valence-corrected chi connectivity index (χ1v) is 9.10. The van der Waals surface area contributed by atoms with Gasteiger partial charge in [0.2, 0.25) is 0 Å². The Kier molecular flexibility index (Phi) is 5.30. The van der Waals surface area contributed by atoms with Gasteiger partial charge in [0, 0.05) is 0 Å². The van der Waals surface area contributed by atoms with Crippen molar-refractivity contribution in [2.75, 3.05) is 0 Å². The third kappa shape index (κ3) is 4.31. The fourth-order valence-corrected chi connectivity index (χ4v) is 3.86. The topological polar surface area (TPSA) is 26.3 Å². The lowest BCUT2D eigenvalue weighted by Gasteiger charge is -2.26. The predicted octanol–water partition coefficient (Wildman–Crippen LogP) is 5.48. The minimum absolute atomic E-state index is 0.0417. The molecule has 2 fully saturated rings. The van der Waals surface area contributed by atoms with Crippen molar-refractivity contribution >= 4 is 5.97 Å². The Bertz CT molecular complexity index is 503. The van der Waals surface area contributed by atoms with Crippen LogP contribution in [0.4, 0.5) is 0 Å². The van der Waals surface area contributed by atoms with Crippen LogP contribution in [-0.2, 0) is 4.79 Å². The normalized spacial score (nSPS) is 26.1. The van der Waals surface area contributed by atoms with Gasteiger partial charge in [-0.15, -0.1) is 6.92 Å². The summed E-state index contributed by atoms with van der Waals surface area (Å²) in [6, 6.07) is 8.22. The SMILES string of the molecule is [CH2-][C+]1CCC(C(=O)Oc2ccc(C3CCC(C)CC3)cc2)CC1. The first kappa shape index (κ1) is 16.4. The lowest BCUT2D eigenvalue weighted by atomic mass is 9.79. The average molecular weight is 312 g/mol. The fourth-order valence-electron chi connectivity index (χ4n) is 3.86. The Balaban J connectivity index is 1.54. The molecule has 0 heterocycles. The van der Waals surface area contributed by atoms with Gasteiger partial charge in [0.25, 0.3) is 0 Å². The minimum atomic E-state index is -0.0725. The third-order valence-electron chi connectivity index (χ3n) is 5.61. The highest BCUT2D eigenvalue weighted by Crippen LogP contribution is 2.36. The molecule has 0 N–H and O–H groups in total. The summed E-state index contributed by atoms with van der Waals surface area (Å²) in [7, 11) is 0. The van der Waals surface area contributed by atoms with Crippen LogP contribution in [0.3, 0.4) is 0 Å². The summed E-state index contributed by atoms with van der Waals surface area (Å²) in [4.78, 5) is 12.2. The van der Waals surface area contributed by atoms with Gasteiger partial charge in [0.1, 0.15) is 5.75 Å². The van der Waals surface area contributed by atoms with Crippen LogP contribution < -0.4 is 4.74 Å². The molecule has 2 heteroatoms. The molecule has 0 atom stereocenters. The fraction of sp³-hybridized carbons (Fsp3) is 0.571. The van der Waals surface area contributed by atoms with Crippen LogP contribution in [-0.4, -0.2) is 5.97 Å². The van der Waals surface area contributed by atoms with Crippen LogP contribution in [0.15, 0.2) is 24.3 Å². The molecule has 1 aromatic rings. The van der Waals surface area contributed by atoms with Crippen LogP contribution in [0.5, 0.6) is 5.75 Å². The van der Waals surface area contributed by atoms with Gasteiger partial charge in [0.15, 0.2) is 0 Å². The Morgan fingerprint density at radius 1 is 1.04 bits per heavy atom. The lowest BCUT2D eigenvalue weighted by Crippen LogP contribution is -2.24. The van der Waals surface area contributed by atoms with Crippen LogP contribution in [0.2, 0.25) is 0 Å². The van der Waals surface area contributed by atoms with Crippen molar-refractivity contribution in [2.45, 2.75) is 64.2 Å². The summed E-state index contributed by atoms with van der Waals surface area (Å²) in [5.74, 6) is 3.47. The van der Waals surface area contributed by atoms with E-state index in [-0.39, 0.29) is 11.9 Å². The van der Waals surface area contributed by atoms with Gasteiger partial charge in [0.05, 0.1) is 18.8 Å². The number of benzene rings is 1. The highest BCUT2D eigenvalue weighted by Gasteiger charge is 2.28. The van der Waals surface area contributed by atoms with E-state index in [0.717, 1.165) is 31.6 Å². The van der Waals surface area contributed by atoms with Crippen molar-refractivity contribution in [3.63, 3.8) is 0 Å². The zero-order valence-corrected chi connectivity index (χ0v) is 14.2. The summed E-state index contributed by atoms with van der Waals surface area (Å²) in [5.41, 5.74) is 1.39. The van der Waals surface area contributed by atoms with Crippen molar-refractivity contribution in [3.05, 3.63) is 42.7 Å². The number of rotatable bonds is 3. The monoisotopic (exact) mass is 312 g/mol. The van der Waals surface area contributed by atoms with E-state index in [4.69, 9.17) is 4.74 Å². The zero-order chi connectivity index (χ0) is 16.2. The van der Waals surface area contributed by atoms with E-state index >= 15 is 0 Å². The molecule has 2 aliphatic rings. The van der Waals surface area contributed by atoms with E-state index in [1.807, 2.05) is 12.1 Å². The molecule has 0 radical (unpaired) electrons. The first-order valence-electron chi connectivity index (χ1n) is 9.10. The molecule has 0 amide bonds. The summed E-state index contributed by atoms with van der Waals surface area (Å²) in [6.07, 6.45) is 8.91. The summed E-state index contributed by atoms with van der Waals surface area (Å²) in [6.45, 7) is 6.35. The van der Waals surface area contributed by atoms with Crippen molar-refractivity contribution in [3.8, 4) is 5.75 Å². The van der Waals surface area contributed by atoms with E-state index < -0.39 is 0 Å². The average Bonchev–Trinajstić information content (AvgIpc) is 2.57. The number of hydrogen-bond donors (Lipinski definition) is 0. The molecule has 3 rings (SSSR count). The molecule has 2 aliphatic carbocycles. The second-order valence-electron chi connectivity index (χ2n) is 7.47.